The van der Waals surface area contributed by atoms with E-state index >= 15 is 0 Å². The zero-order valence-electron chi connectivity index (χ0n) is 11.4. The minimum Gasteiger partial charge on any atom is -0.368 e. The molecule has 0 saturated heterocycles. The third-order valence-electron chi connectivity index (χ3n) is 2.82. The van der Waals surface area contributed by atoms with Crippen molar-refractivity contribution in [1.82, 2.24) is 9.97 Å². The monoisotopic (exact) mass is 291 g/mol. The lowest BCUT2D eigenvalue weighted by Crippen LogP contribution is -2.06. The molecule has 2 rings (SSSR count). The normalized spacial score (nSPS) is 10.9. The summed E-state index contributed by atoms with van der Waals surface area (Å²) in [5.41, 5.74) is 6.47. The van der Waals surface area contributed by atoms with E-state index < -0.39 is 11.7 Å². The summed E-state index contributed by atoms with van der Waals surface area (Å²) in [6.45, 7) is 3.32. The Morgan fingerprint density at radius 1 is 1.19 bits per heavy atom. The Hall–Kier alpha value is -2.55. The number of anilines is 1. The summed E-state index contributed by atoms with van der Waals surface area (Å²) in [6, 6.07) is 4.90. The predicted octanol–water partition coefficient (Wildman–Crippen LogP) is 3.42. The third kappa shape index (κ3) is 3.14. The van der Waals surface area contributed by atoms with Crippen LogP contribution in [0, 0.1) is 18.8 Å². The van der Waals surface area contributed by atoms with Crippen molar-refractivity contribution >= 4 is 5.95 Å². The van der Waals surface area contributed by atoms with Gasteiger partial charge in [0.15, 0.2) is 0 Å². The molecular formula is C15H12F3N3. The quantitative estimate of drug-likeness (QED) is 0.819. The van der Waals surface area contributed by atoms with Gasteiger partial charge in [-0.05, 0) is 26.0 Å². The number of hydrogen-bond donors (Lipinski definition) is 1. The second-order valence-electron chi connectivity index (χ2n) is 4.34. The van der Waals surface area contributed by atoms with Gasteiger partial charge in [-0.2, -0.15) is 13.2 Å². The van der Waals surface area contributed by atoms with Gasteiger partial charge in [0.2, 0.25) is 5.95 Å². The van der Waals surface area contributed by atoms with E-state index in [1.54, 1.807) is 13.8 Å². The van der Waals surface area contributed by atoms with Gasteiger partial charge in [-0.25, -0.2) is 9.97 Å². The van der Waals surface area contributed by atoms with Crippen LogP contribution in [0.4, 0.5) is 19.1 Å². The van der Waals surface area contributed by atoms with Crippen molar-refractivity contribution in [2.24, 2.45) is 0 Å². The van der Waals surface area contributed by atoms with Crippen LogP contribution in [0.5, 0.6) is 0 Å². The molecule has 3 nitrogen and oxygen atoms in total. The smallest absolute Gasteiger partial charge is 0.368 e. The molecule has 2 N–H and O–H groups in total. The minimum atomic E-state index is -4.42. The molecule has 0 radical (unpaired) electrons. The van der Waals surface area contributed by atoms with Crippen LogP contribution in [-0.2, 0) is 6.18 Å². The Morgan fingerprint density at radius 2 is 1.90 bits per heavy atom. The van der Waals surface area contributed by atoms with E-state index in [0.29, 0.717) is 22.5 Å². The summed E-state index contributed by atoms with van der Waals surface area (Å²) >= 11 is 0. The Morgan fingerprint density at radius 3 is 2.52 bits per heavy atom. The van der Waals surface area contributed by atoms with Crippen molar-refractivity contribution in [2.45, 2.75) is 20.0 Å². The molecule has 0 fully saturated rings. The first-order valence-corrected chi connectivity index (χ1v) is 6.07. The second kappa shape index (κ2) is 5.44. The number of nitrogen functional groups attached to an aromatic ring is 1. The number of aryl methyl sites for hydroxylation is 1. The van der Waals surface area contributed by atoms with Crippen molar-refractivity contribution < 1.29 is 13.2 Å². The first-order chi connectivity index (χ1) is 9.82. The molecule has 0 saturated carbocycles. The summed E-state index contributed by atoms with van der Waals surface area (Å²) in [6.07, 6.45) is -4.42. The molecule has 0 bridgehead atoms. The lowest BCUT2D eigenvalue weighted by atomic mass is 10.0. The largest absolute Gasteiger partial charge is 0.416 e. The molecule has 0 atom stereocenters. The van der Waals surface area contributed by atoms with Gasteiger partial charge in [-0.3, -0.25) is 0 Å². The van der Waals surface area contributed by atoms with Gasteiger partial charge in [-0.15, -0.1) is 5.92 Å². The average Bonchev–Trinajstić information content (AvgIpc) is 2.41. The molecule has 0 aliphatic rings. The maximum atomic E-state index is 12.8. The fourth-order valence-corrected chi connectivity index (χ4v) is 1.92. The van der Waals surface area contributed by atoms with Crippen molar-refractivity contribution in [3.05, 3.63) is 41.1 Å². The summed E-state index contributed by atoms with van der Waals surface area (Å²) in [5.74, 6) is 5.52. The van der Waals surface area contributed by atoms with Crippen LogP contribution in [0.15, 0.2) is 24.3 Å². The first kappa shape index (κ1) is 14.9. The van der Waals surface area contributed by atoms with Gasteiger partial charge in [-0.1, -0.05) is 18.1 Å². The Kier molecular flexibility index (Phi) is 3.85. The zero-order chi connectivity index (χ0) is 15.6. The number of rotatable bonds is 1. The highest BCUT2D eigenvalue weighted by Gasteiger charge is 2.30. The molecule has 6 heteroatoms. The Bertz CT molecular complexity index is 740. The number of hydrogen-bond acceptors (Lipinski definition) is 3. The van der Waals surface area contributed by atoms with E-state index in [0.717, 1.165) is 12.1 Å². The molecule has 1 aromatic heterocycles. The summed E-state index contributed by atoms with van der Waals surface area (Å²) < 4.78 is 38.4. The maximum absolute atomic E-state index is 12.8. The van der Waals surface area contributed by atoms with Crippen molar-refractivity contribution in [3.63, 3.8) is 0 Å². The maximum Gasteiger partial charge on any atom is 0.416 e. The van der Waals surface area contributed by atoms with E-state index in [4.69, 9.17) is 5.73 Å². The molecule has 0 spiro atoms. The summed E-state index contributed by atoms with van der Waals surface area (Å²) in [5, 5.41) is 0. The van der Waals surface area contributed by atoms with Crippen molar-refractivity contribution in [1.29, 1.82) is 0 Å². The number of benzene rings is 1. The number of nitrogens with zero attached hydrogens (tertiary/aromatic N) is 2. The van der Waals surface area contributed by atoms with Gasteiger partial charge in [0.1, 0.15) is 0 Å². The first-order valence-electron chi connectivity index (χ1n) is 6.07. The van der Waals surface area contributed by atoms with E-state index in [1.165, 1.54) is 12.1 Å². The molecular weight excluding hydrogens is 279 g/mol. The second-order valence-corrected chi connectivity index (χ2v) is 4.34. The van der Waals surface area contributed by atoms with Gasteiger partial charge in [0, 0.05) is 5.56 Å². The molecule has 0 amide bonds. The molecule has 21 heavy (non-hydrogen) atoms. The number of aromatic nitrogens is 2. The predicted molar refractivity (Wildman–Crippen MR) is 74.2 cm³/mol. The minimum absolute atomic E-state index is 0.00145. The van der Waals surface area contributed by atoms with E-state index in [9.17, 15) is 13.2 Å². The van der Waals surface area contributed by atoms with Crippen LogP contribution in [0.25, 0.3) is 11.3 Å². The zero-order valence-corrected chi connectivity index (χ0v) is 11.4. The highest BCUT2D eigenvalue weighted by molar-refractivity contribution is 5.70. The standard InChI is InChI=1S/C15H12F3N3/c1-3-5-12-9(2)20-14(19)21-13(12)10-6-4-7-11(8-10)15(16,17)18/h4,6-8H,1-2H3,(H2,19,20,21). The van der Waals surface area contributed by atoms with Crippen LogP contribution in [-0.4, -0.2) is 9.97 Å². The van der Waals surface area contributed by atoms with E-state index in [1.807, 2.05) is 0 Å². The lowest BCUT2D eigenvalue weighted by Gasteiger charge is -2.11. The third-order valence-corrected chi connectivity index (χ3v) is 2.82. The number of alkyl halides is 3. The molecule has 0 unspecified atom stereocenters. The van der Waals surface area contributed by atoms with Crippen LogP contribution in [0.3, 0.4) is 0 Å². The molecule has 0 aliphatic carbocycles. The van der Waals surface area contributed by atoms with Crippen LogP contribution < -0.4 is 5.73 Å². The van der Waals surface area contributed by atoms with Crippen molar-refractivity contribution in [3.8, 4) is 23.1 Å². The topological polar surface area (TPSA) is 51.8 Å². The van der Waals surface area contributed by atoms with Crippen LogP contribution >= 0.6 is 0 Å². The molecule has 0 aliphatic heterocycles. The van der Waals surface area contributed by atoms with Gasteiger partial charge in [0.25, 0.3) is 0 Å². The Balaban J connectivity index is 2.69. The SMILES string of the molecule is CC#Cc1c(C)nc(N)nc1-c1cccc(C(F)(F)F)c1. The molecule has 1 heterocycles. The van der Waals surface area contributed by atoms with Gasteiger partial charge >= 0.3 is 6.18 Å². The summed E-state index contributed by atoms with van der Waals surface area (Å²) in [7, 11) is 0. The molecule has 108 valence electrons. The number of nitrogens with two attached hydrogens (primary N) is 1. The number of halogens is 3. The average molecular weight is 291 g/mol. The lowest BCUT2D eigenvalue weighted by molar-refractivity contribution is -0.137. The highest BCUT2D eigenvalue weighted by Crippen LogP contribution is 2.32. The fraction of sp³-hybridized carbons (Fsp3) is 0.200. The molecule has 1 aromatic carbocycles. The van der Waals surface area contributed by atoms with Crippen molar-refractivity contribution in [2.75, 3.05) is 5.73 Å². The highest BCUT2D eigenvalue weighted by atomic mass is 19.4. The van der Waals surface area contributed by atoms with E-state index in [-0.39, 0.29) is 5.95 Å². The Labute approximate surface area is 120 Å². The van der Waals surface area contributed by atoms with Gasteiger partial charge in [0.05, 0.1) is 22.5 Å². The van der Waals surface area contributed by atoms with Gasteiger partial charge < -0.3 is 5.73 Å². The fourth-order valence-electron chi connectivity index (χ4n) is 1.92. The van der Waals surface area contributed by atoms with Crippen LogP contribution in [0.2, 0.25) is 0 Å². The summed E-state index contributed by atoms with van der Waals surface area (Å²) in [4.78, 5) is 8.03. The molecule has 2 aromatic rings. The van der Waals surface area contributed by atoms with Crippen LogP contribution in [0.1, 0.15) is 23.7 Å². The van der Waals surface area contributed by atoms with E-state index in [2.05, 4.69) is 21.8 Å².